The number of nitrogens with two attached hydrogens (primary N) is 1. The molecule has 0 atom stereocenters. The molecule has 17 heavy (non-hydrogen) atoms. The Hall–Kier alpha value is -2.70. The molecule has 2 N–H and O–H groups in total. The molecule has 1 aromatic carbocycles. The lowest BCUT2D eigenvalue weighted by atomic mass is 10.2. The summed E-state index contributed by atoms with van der Waals surface area (Å²) in [6.45, 7) is 0. The van der Waals surface area contributed by atoms with Crippen LogP contribution in [0.15, 0.2) is 36.8 Å². The van der Waals surface area contributed by atoms with E-state index < -0.39 is 10.8 Å². The summed E-state index contributed by atoms with van der Waals surface area (Å²) in [6, 6.07) is 6.35. The molecule has 0 saturated carbocycles. The Bertz CT molecular complexity index is 573. The van der Waals surface area contributed by atoms with Crippen molar-refractivity contribution in [2.75, 3.05) is 0 Å². The first-order valence-corrected chi connectivity index (χ1v) is 4.66. The third-order valence-corrected chi connectivity index (χ3v) is 2.21. The minimum Gasteiger partial charge on any atom is -0.366 e. The molecule has 0 spiro atoms. The van der Waals surface area contributed by atoms with Gasteiger partial charge in [0.2, 0.25) is 12.2 Å². The van der Waals surface area contributed by atoms with Gasteiger partial charge in [-0.3, -0.25) is 9.36 Å². The molecule has 0 radical (unpaired) electrons. The SMILES string of the molecule is NC(=O)c1ccc(-n2cnc([N+](=O)[O-])c2)cc1. The van der Waals surface area contributed by atoms with Gasteiger partial charge in [0, 0.05) is 11.3 Å². The summed E-state index contributed by atoms with van der Waals surface area (Å²) in [5.74, 6) is -0.753. The maximum atomic E-state index is 10.9. The molecule has 0 aliphatic rings. The number of aromatic nitrogens is 2. The van der Waals surface area contributed by atoms with E-state index >= 15 is 0 Å². The Labute approximate surface area is 95.6 Å². The van der Waals surface area contributed by atoms with Gasteiger partial charge in [-0.05, 0) is 34.2 Å². The lowest BCUT2D eigenvalue weighted by Gasteiger charge is -2.00. The fraction of sp³-hybridized carbons (Fsp3) is 0. The molecular weight excluding hydrogens is 224 g/mol. The maximum absolute atomic E-state index is 10.9. The van der Waals surface area contributed by atoms with Crippen molar-refractivity contribution < 1.29 is 9.72 Å². The molecule has 1 heterocycles. The van der Waals surface area contributed by atoms with E-state index in [-0.39, 0.29) is 5.82 Å². The fourth-order valence-corrected chi connectivity index (χ4v) is 1.35. The zero-order valence-electron chi connectivity index (χ0n) is 8.61. The number of amides is 1. The minimum absolute atomic E-state index is 0.232. The van der Waals surface area contributed by atoms with Crippen molar-refractivity contribution in [1.29, 1.82) is 0 Å². The number of nitro groups is 1. The van der Waals surface area contributed by atoms with Gasteiger partial charge in [0.1, 0.15) is 6.20 Å². The van der Waals surface area contributed by atoms with Crippen LogP contribution in [0.4, 0.5) is 5.82 Å². The molecule has 2 aromatic rings. The van der Waals surface area contributed by atoms with Crippen molar-refractivity contribution in [2.45, 2.75) is 0 Å². The first-order valence-electron chi connectivity index (χ1n) is 4.66. The topological polar surface area (TPSA) is 104 Å². The molecule has 2 rings (SSSR count). The number of nitrogens with zero attached hydrogens (tertiary/aromatic N) is 3. The average Bonchev–Trinajstić information content (AvgIpc) is 2.78. The molecule has 0 aliphatic carbocycles. The average molecular weight is 232 g/mol. The van der Waals surface area contributed by atoms with Gasteiger partial charge >= 0.3 is 5.82 Å². The van der Waals surface area contributed by atoms with Crippen molar-refractivity contribution >= 4 is 11.7 Å². The highest BCUT2D eigenvalue weighted by molar-refractivity contribution is 5.92. The first-order chi connectivity index (χ1) is 8.08. The zero-order valence-corrected chi connectivity index (χ0v) is 8.61. The Morgan fingerprint density at radius 2 is 2.00 bits per heavy atom. The number of imidazole rings is 1. The van der Waals surface area contributed by atoms with Crippen LogP contribution in [0.2, 0.25) is 0 Å². The summed E-state index contributed by atoms with van der Waals surface area (Å²) in [6.07, 6.45) is 2.62. The smallest absolute Gasteiger partial charge is 0.366 e. The van der Waals surface area contributed by atoms with Crippen LogP contribution >= 0.6 is 0 Å². The highest BCUT2D eigenvalue weighted by atomic mass is 16.6. The Kier molecular flexibility index (Phi) is 2.57. The van der Waals surface area contributed by atoms with E-state index in [4.69, 9.17) is 5.73 Å². The van der Waals surface area contributed by atoms with E-state index in [2.05, 4.69) is 4.98 Å². The van der Waals surface area contributed by atoms with Crippen LogP contribution in [0.5, 0.6) is 0 Å². The Balaban J connectivity index is 2.33. The van der Waals surface area contributed by atoms with Crippen LogP contribution in [0.1, 0.15) is 10.4 Å². The van der Waals surface area contributed by atoms with Gasteiger partial charge in [0.25, 0.3) is 0 Å². The number of carbonyl (C=O) groups is 1. The molecule has 7 heteroatoms. The number of hydrogen-bond acceptors (Lipinski definition) is 4. The third-order valence-electron chi connectivity index (χ3n) is 2.21. The van der Waals surface area contributed by atoms with Gasteiger partial charge in [-0.15, -0.1) is 0 Å². The second-order valence-corrected chi connectivity index (χ2v) is 3.31. The molecule has 0 saturated heterocycles. The largest absolute Gasteiger partial charge is 0.381 e. The van der Waals surface area contributed by atoms with Crippen molar-refractivity contribution in [3.8, 4) is 5.69 Å². The van der Waals surface area contributed by atoms with Gasteiger partial charge in [-0.2, -0.15) is 0 Å². The second-order valence-electron chi connectivity index (χ2n) is 3.31. The molecule has 86 valence electrons. The third kappa shape index (κ3) is 2.12. The number of rotatable bonds is 3. The molecule has 0 fully saturated rings. The van der Waals surface area contributed by atoms with E-state index in [1.165, 1.54) is 17.1 Å². The van der Waals surface area contributed by atoms with Gasteiger partial charge in [0.15, 0.2) is 0 Å². The first kappa shape index (κ1) is 10.8. The lowest BCUT2D eigenvalue weighted by Crippen LogP contribution is -2.10. The summed E-state index contributed by atoms with van der Waals surface area (Å²) >= 11 is 0. The number of carbonyl (C=O) groups excluding carboxylic acids is 1. The van der Waals surface area contributed by atoms with Gasteiger partial charge in [-0.1, -0.05) is 0 Å². The van der Waals surface area contributed by atoms with Gasteiger partial charge in [-0.25, -0.2) is 0 Å². The minimum atomic E-state index is -0.575. The normalized spacial score (nSPS) is 10.1. The van der Waals surface area contributed by atoms with Crippen LogP contribution in [0.3, 0.4) is 0 Å². The van der Waals surface area contributed by atoms with E-state index in [1.807, 2.05) is 0 Å². The summed E-state index contributed by atoms with van der Waals surface area (Å²) in [7, 11) is 0. The highest BCUT2D eigenvalue weighted by Crippen LogP contribution is 2.13. The Morgan fingerprint density at radius 1 is 1.35 bits per heavy atom. The summed E-state index contributed by atoms with van der Waals surface area (Å²) < 4.78 is 1.49. The number of hydrogen-bond donors (Lipinski definition) is 1. The Morgan fingerprint density at radius 3 is 2.47 bits per heavy atom. The predicted octanol–water partition coefficient (Wildman–Crippen LogP) is 0.879. The quantitative estimate of drug-likeness (QED) is 0.626. The molecule has 1 aromatic heterocycles. The molecule has 0 unspecified atom stereocenters. The van der Waals surface area contributed by atoms with Crippen LogP contribution < -0.4 is 5.73 Å². The summed E-state index contributed by atoms with van der Waals surface area (Å²) in [5.41, 5.74) is 6.14. The number of benzene rings is 1. The summed E-state index contributed by atoms with van der Waals surface area (Å²) in [5, 5.41) is 10.5. The van der Waals surface area contributed by atoms with Crippen molar-refractivity contribution in [3.63, 3.8) is 0 Å². The standard InChI is InChI=1S/C10H8N4O3/c11-10(15)7-1-3-8(4-2-7)13-5-9(12-6-13)14(16)17/h1-6H,(H2,11,15). The second kappa shape index (κ2) is 4.05. The van der Waals surface area contributed by atoms with Crippen LogP contribution in [0, 0.1) is 10.1 Å². The maximum Gasteiger partial charge on any atom is 0.381 e. The molecular formula is C10H8N4O3. The molecule has 0 aliphatic heterocycles. The van der Waals surface area contributed by atoms with Crippen LogP contribution in [-0.2, 0) is 0 Å². The van der Waals surface area contributed by atoms with E-state index in [9.17, 15) is 14.9 Å². The van der Waals surface area contributed by atoms with Gasteiger partial charge < -0.3 is 15.8 Å². The molecule has 0 bridgehead atoms. The lowest BCUT2D eigenvalue weighted by molar-refractivity contribution is -0.389. The van der Waals surface area contributed by atoms with Crippen LogP contribution in [0.25, 0.3) is 5.69 Å². The van der Waals surface area contributed by atoms with Crippen molar-refractivity contribution in [1.82, 2.24) is 9.55 Å². The number of primary amides is 1. The monoisotopic (exact) mass is 232 g/mol. The summed E-state index contributed by atoms with van der Waals surface area (Å²) in [4.78, 5) is 24.4. The van der Waals surface area contributed by atoms with Crippen molar-refractivity contribution in [2.24, 2.45) is 5.73 Å². The highest BCUT2D eigenvalue weighted by Gasteiger charge is 2.10. The zero-order chi connectivity index (χ0) is 12.4. The van der Waals surface area contributed by atoms with Crippen LogP contribution in [-0.4, -0.2) is 20.4 Å². The fourth-order valence-electron chi connectivity index (χ4n) is 1.35. The molecule has 1 amide bonds. The predicted molar refractivity (Wildman–Crippen MR) is 58.7 cm³/mol. The van der Waals surface area contributed by atoms with Crippen molar-refractivity contribution in [3.05, 3.63) is 52.5 Å². The van der Waals surface area contributed by atoms with E-state index in [0.29, 0.717) is 11.3 Å². The van der Waals surface area contributed by atoms with E-state index in [1.54, 1.807) is 24.3 Å². The van der Waals surface area contributed by atoms with E-state index in [0.717, 1.165) is 0 Å². The molecule has 7 nitrogen and oxygen atoms in total. The van der Waals surface area contributed by atoms with Gasteiger partial charge in [0.05, 0.1) is 0 Å².